The van der Waals surface area contributed by atoms with Crippen molar-refractivity contribution in [3.63, 3.8) is 0 Å². The molecule has 2 aliphatic rings. The molecule has 5 aromatic rings. The predicted octanol–water partition coefficient (Wildman–Crippen LogP) is 9.69. The zero-order chi connectivity index (χ0) is 44.0. The van der Waals surface area contributed by atoms with Crippen LogP contribution >= 0.6 is 23.4 Å². The first-order valence-corrected chi connectivity index (χ1v) is 23.2. The summed E-state index contributed by atoms with van der Waals surface area (Å²) in [4.78, 5) is 26.4. The number of rotatable bonds is 16. The number of nitro groups is 1. The van der Waals surface area contributed by atoms with Gasteiger partial charge in [0.15, 0.2) is 5.82 Å². The van der Waals surface area contributed by atoms with E-state index < -0.39 is 49.0 Å². The minimum absolute atomic E-state index is 0.177. The van der Waals surface area contributed by atoms with Gasteiger partial charge in [-0.05, 0) is 112 Å². The third-order valence-electron chi connectivity index (χ3n) is 11.1. The first kappa shape index (κ1) is 45.1. The summed E-state index contributed by atoms with van der Waals surface area (Å²) in [5.41, 5.74) is 2.12. The van der Waals surface area contributed by atoms with Gasteiger partial charge >= 0.3 is 6.18 Å². The standard InChI is InChI=1S/C44H48ClF3N8O4S2/c1-53(2)19-18-33(28-61-35-9-4-3-5-10-35)51-42-39(44(46,47)48)25-36(26-41(42)56(57)58)62(59,60)52-43-38-17-16-34(24-40(38)49-29-50-43)55-22-20-54(21-23-55)27-31-8-6-7-11-37(31)30-12-14-32(45)15-13-30/h3-5,9-10,12-17,24-26,29,33,51H,6-8,11,18-23,27-28H2,1-2H3,(H,49,50,52). The molecule has 0 radical (unpaired) electrons. The Labute approximate surface area is 368 Å². The lowest BCUT2D eigenvalue weighted by molar-refractivity contribution is -0.384. The van der Waals surface area contributed by atoms with Gasteiger partial charge in [-0.25, -0.2) is 18.4 Å². The number of allylic oxidation sites excluding steroid dienone is 1. The van der Waals surface area contributed by atoms with Crippen LogP contribution in [-0.4, -0.2) is 98.3 Å². The maximum absolute atomic E-state index is 14.8. The molecule has 1 aromatic heterocycles. The second-order valence-electron chi connectivity index (χ2n) is 15.8. The van der Waals surface area contributed by atoms with E-state index >= 15 is 0 Å². The molecular formula is C44H48ClF3N8O4S2. The van der Waals surface area contributed by atoms with Gasteiger partial charge in [0, 0.05) is 71.6 Å². The fraction of sp³-hybridized carbons (Fsp3) is 0.364. The highest BCUT2D eigenvalue weighted by molar-refractivity contribution is 7.99. The molecule has 1 saturated heterocycles. The minimum atomic E-state index is -5.14. The molecule has 2 N–H and O–H groups in total. The molecule has 1 aliphatic carbocycles. The zero-order valence-corrected chi connectivity index (χ0v) is 36.8. The number of thioether (sulfide) groups is 1. The van der Waals surface area contributed by atoms with Gasteiger partial charge in [0.1, 0.15) is 12.0 Å². The monoisotopic (exact) mass is 908 g/mol. The molecule has 4 aromatic carbocycles. The van der Waals surface area contributed by atoms with Gasteiger partial charge in [0.2, 0.25) is 0 Å². The van der Waals surface area contributed by atoms with E-state index in [1.54, 1.807) is 6.07 Å². The Kier molecular flexibility index (Phi) is 14.3. The van der Waals surface area contributed by atoms with E-state index in [1.165, 1.54) is 41.3 Å². The SMILES string of the molecule is CN(C)CCC(CSc1ccccc1)Nc1c([N+](=O)[O-])cc(S(=O)(=O)Nc2ncnc3cc(N4CCN(CC5=C(c6ccc(Cl)cc6)CCCC5)CC4)ccc23)cc1C(F)(F)F. The van der Waals surface area contributed by atoms with Gasteiger partial charge < -0.3 is 15.1 Å². The van der Waals surface area contributed by atoms with Crippen molar-refractivity contribution in [2.24, 2.45) is 0 Å². The Hall–Kier alpha value is -4.94. The summed E-state index contributed by atoms with van der Waals surface area (Å²) in [5, 5.41) is 16.2. The van der Waals surface area contributed by atoms with Crippen LogP contribution in [-0.2, 0) is 16.2 Å². The lowest BCUT2D eigenvalue weighted by Crippen LogP contribution is -2.47. The van der Waals surface area contributed by atoms with Gasteiger partial charge in [-0.15, -0.1) is 11.8 Å². The first-order chi connectivity index (χ1) is 29.6. The number of sulfonamides is 1. The molecule has 0 amide bonds. The van der Waals surface area contributed by atoms with Crippen LogP contribution in [0.15, 0.2) is 107 Å². The van der Waals surface area contributed by atoms with Crippen molar-refractivity contribution in [2.75, 3.05) is 74.1 Å². The van der Waals surface area contributed by atoms with Crippen molar-refractivity contribution >= 4 is 72.7 Å². The Morgan fingerprint density at radius 2 is 1.68 bits per heavy atom. The maximum atomic E-state index is 14.8. The van der Waals surface area contributed by atoms with E-state index in [2.05, 4.69) is 41.9 Å². The summed E-state index contributed by atoms with van der Waals surface area (Å²) >= 11 is 7.55. The van der Waals surface area contributed by atoms with Crippen LogP contribution in [0.4, 0.5) is 36.1 Å². The summed E-state index contributed by atoms with van der Waals surface area (Å²) < 4.78 is 74.4. The molecule has 0 bridgehead atoms. The van der Waals surface area contributed by atoms with Crippen molar-refractivity contribution in [1.82, 2.24) is 19.8 Å². The van der Waals surface area contributed by atoms with E-state index in [9.17, 15) is 31.7 Å². The van der Waals surface area contributed by atoms with Crippen LogP contribution in [0.2, 0.25) is 5.02 Å². The molecule has 0 saturated carbocycles. The van der Waals surface area contributed by atoms with E-state index in [0.29, 0.717) is 36.0 Å². The van der Waals surface area contributed by atoms with Crippen LogP contribution in [0, 0.1) is 10.1 Å². The summed E-state index contributed by atoms with van der Waals surface area (Å²) in [6.45, 7) is 4.58. The largest absolute Gasteiger partial charge is 0.418 e. The predicted molar refractivity (Wildman–Crippen MR) is 242 cm³/mol. The third kappa shape index (κ3) is 11.2. The highest BCUT2D eigenvalue weighted by atomic mass is 35.5. The van der Waals surface area contributed by atoms with E-state index in [-0.39, 0.29) is 11.6 Å². The molecule has 1 fully saturated rings. The Morgan fingerprint density at radius 1 is 0.952 bits per heavy atom. The lowest BCUT2D eigenvalue weighted by Gasteiger charge is -2.37. The normalized spacial score (nSPS) is 15.9. The summed E-state index contributed by atoms with van der Waals surface area (Å²) in [6.07, 6.45) is 0.847. The molecule has 62 heavy (non-hydrogen) atoms. The Morgan fingerprint density at radius 3 is 2.37 bits per heavy atom. The number of fused-ring (bicyclic) bond motifs is 1. The maximum Gasteiger partial charge on any atom is 0.418 e. The average Bonchev–Trinajstić information content (AvgIpc) is 3.25. The second kappa shape index (κ2) is 19.6. The van der Waals surface area contributed by atoms with Crippen molar-refractivity contribution < 1.29 is 26.5 Å². The number of hydrogen-bond donors (Lipinski definition) is 2. The number of anilines is 3. The topological polar surface area (TPSA) is 137 Å². The Bertz CT molecular complexity index is 2520. The number of halogens is 4. The number of aromatic nitrogens is 2. The molecule has 0 spiro atoms. The fourth-order valence-corrected chi connectivity index (χ4v) is 10.1. The molecule has 1 aliphatic heterocycles. The van der Waals surface area contributed by atoms with Gasteiger partial charge in [0.05, 0.1) is 20.9 Å². The van der Waals surface area contributed by atoms with Crippen LogP contribution < -0.4 is 14.9 Å². The van der Waals surface area contributed by atoms with Gasteiger partial charge in [0.25, 0.3) is 15.7 Å². The van der Waals surface area contributed by atoms with Crippen molar-refractivity contribution in [3.8, 4) is 0 Å². The number of piperazine rings is 1. The molecule has 328 valence electrons. The van der Waals surface area contributed by atoms with Crippen molar-refractivity contribution in [3.05, 3.63) is 123 Å². The van der Waals surface area contributed by atoms with E-state index in [0.717, 1.165) is 67.5 Å². The van der Waals surface area contributed by atoms with Gasteiger partial charge in [-0.1, -0.05) is 47.5 Å². The minimum Gasteiger partial charge on any atom is -0.375 e. The molecular weight excluding hydrogens is 861 g/mol. The van der Waals surface area contributed by atoms with Gasteiger partial charge in [-0.2, -0.15) is 13.2 Å². The Balaban J connectivity index is 1.09. The van der Waals surface area contributed by atoms with Crippen LogP contribution in [0.25, 0.3) is 16.5 Å². The quantitative estimate of drug-likeness (QED) is 0.0557. The first-order valence-electron chi connectivity index (χ1n) is 20.3. The zero-order valence-electron chi connectivity index (χ0n) is 34.4. The fourth-order valence-electron chi connectivity index (χ4n) is 7.89. The molecule has 1 atom stereocenters. The van der Waals surface area contributed by atoms with Crippen molar-refractivity contribution in [2.45, 2.75) is 54.1 Å². The second-order valence-corrected chi connectivity index (χ2v) is 19.0. The number of nitrogens with one attached hydrogen (secondary N) is 2. The summed E-state index contributed by atoms with van der Waals surface area (Å²) in [5.74, 6) is 0.112. The number of benzene rings is 4. The highest BCUT2D eigenvalue weighted by Gasteiger charge is 2.40. The average molecular weight is 910 g/mol. The molecule has 1 unspecified atom stereocenters. The highest BCUT2D eigenvalue weighted by Crippen LogP contribution is 2.43. The number of hydrogen-bond acceptors (Lipinski definition) is 11. The summed E-state index contributed by atoms with van der Waals surface area (Å²) in [7, 11) is -1.21. The number of alkyl halides is 3. The molecule has 7 rings (SSSR count). The molecule has 18 heteroatoms. The van der Waals surface area contributed by atoms with Crippen LogP contribution in [0.1, 0.15) is 43.2 Å². The van der Waals surface area contributed by atoms with E-state index in [1.807, 2.05) is 73.6 Å². The molecule has 2 heterocycles. The third-order valence-corrected chi connectivity index (χ3v) is 13.9. The van der Waals surface area contributed by atoms with Crippen LogP contribution in [0.3, 0.4) is 0 Å². The van der Waals surface area contributed by atoms with Crippen molar-refractivity contribution in [1.29, 1.82) is 0 Å². The van der Waals surface area contributed by atoms with Gasteiger partial charge in [-0.3, -0.25) is 19.7 Å². The lowest BCUT2D eigenvalue weighted by atomic mass is 9.87. The summed E-state index contributed by atoms with van der Waals surface area (Å²) in [6, 6.07) is 23.1. The molecule has 12 nitrogen and oxygen atoms in total. The van der Waals surface area contributed by atoms with E-state index in [4.69, 9.17) is 11.6 Å². The number of nitrogens with zero attached hydrogens (tertiary/aromatic N) is 6. The number of nitro benzene ring substituents is 1. The smallest absolute Gasteiger partial charge is 0.375 e. The van der Waals surface area contributed by atoms with Crippen LogP contribution in [0.5, 0.6) is 0 Å².